The molecular weight excluding hydrogens is 524 g/mol. The fraction of sp³-hybridized carbons (Fsp3) is 0.800. The van der Waals surface area contributed by atoms with E-state index in [0.29, 0.717) is 5.57 Å². The summed E-state index contributed by atoms with van der Waals surface area (Å²) in [6, 6.07) is 0. The summed E-state index contributed by atoms with van der Waals surface area (Å²) in [5.41, 5.74) is -1.63. The number of carbonyl (C=O) groups excluding carboxylic acids is 3. The molecule has 0 aromatic heterocycles. The van der Waals surface area contributed by atoms with E-state index < -0.39 is 91.7 Å². The highest BCUT2D eigenvalue weighted by molar-refractivity contribution is 5.70. The number of hydrogen-bond acceptors (Lipinski definition) is 14. The number of ether oxygens (including phenoxy) is 6. The van der Waals surface area contributed by atoms with Crippen LogP contribution in [-0.4, -0.2) is 112 Å². The SMILES string of the molecule is CC(=O)OC1C(OCC2=COC(OC(=O)CC(C)C)C3C2CC(OC(C)=O)C3(O)CO)OC(CO)C(O)C1O. The van der Waals surface area contributed by atoms with Crippen LogP contribution in [0.4, 0.5) is 0 Å². The van der Waals surface area contributed by atoms with Gasteiger partial charge in [-0.05, 0) is 17.9 Å². The molecule has 0 spiro atoms. The molecule has 2 aliphatic heterocycles. The largest absolute Gasteiger partial charge is 0.462 e. The lowest BCUT2D eigenvalue weighted by atomic mass is 9.80. The first-order valence-corrected chi connectivity index (χ1v) is 12.8. The summed E-state index contributed by atoms with van der Waals surface area (Å²) in [5, 5.41) is 51.7. The molecule has 10 unspecified atom stereocenters. The third kappa shape index (κ3) is 6.88. The summed E-state index contributed by atoms with van der Waals surface area (Å²) in [6.45, 7) is 4.13. The minimum Gasteiger partial charge on any atom is -0.462 e. The maximum Gasteiger partial charge on any atom is 0.309 e. The first-order chi connectivity index (χ1) is 18.3. The van der Waals surface area contributed by atoms with Gasteiger partial charge >= 0.3 is 17.9 Å². The smallest absolute Gasteiger partial charge is 0.309 e. The molecule has 14 heteroatoms. The number of aliphatic hydroxyl groups excluding tert-OH is 4. The summed E-state index contributed by atoms with van der Waals surface area (Å²) in [7, 11) is 0. The second-order valence-electron chi connectivity index (χ2n) is 10.5. The molecular formula is C25H38O14. The standard InChI is InChI=1S/C25H38O14/c1-11(2)5-18(30)39-23-19-15(6-17(36-12(3)28)25(19,33)10-27)14(8-34-23)9-35-24-22(37-13(4)29)21(32)20(31)16(7-26)38-24/h8,11,15-17,19-24,26-27,31-33H,5-7,9-10H2,1-4H3. The average molecular weight is 563 g/mol. The van der Waals surface area contributed by atoms with Gasteiger partial charge in [0.25, 0.3) is 0 Å². The molecule has 0 aromatic carbocycles. The normalized spacial score (nSPS) is 37.9. The monoisotopic (exact) mass is 562 g/mol. The zero-order chi connectivity index (χ0) is 29.1. The highest BCUT2D eigenvalue weighted by atomic mass is 16.7. The average Bonchev–Trinajstić information content (AvgIpc) is 3.14. The van der Waals surface area contributed by atoms with Gasteiger partial charge in [0.15, 0.2) is 12.4 Å². The van der Waals surface area contributed by atoms with Crippen molar-refractivity contribution in [3.8, 4) is 0 Å². The van der Waals surface area contributed by atoms with Crippen LogP contribution in [0.2, 0.25) is 0 Å². The third-order valence-corrected chi connectivity index (χ3v) is 7.08. The van der Waals surface area contributed by atoms with Crippen LogP contribution >= 0.6 is 0 Å². The molecule has 1 saturated heterocycles. The van der Waals surface area contributed by atoms with Gasteiger partial charge in [-0.15, -0.1) is 0 Å². The van der Waals surface area contributed by atoms with Gasteiger partial charge in [0.1, 0.15) is 30.0 Å². The molecule has 5 N–H and O–H groups in total. The molecule has 3 rings (SSSR count). The van der Waals surface area contributed by atoms with Gasteiger partial charge in [-0.3, -0.25) is 14.4 Å². The molecule has 0 radical (unpaired) electrons. The van der Waals surface area contributed by atoms with Crippen molar-refractivity contribution in [2.45, 2.75) is 89.2 Å². The molecule has 39 heavy (non-hydrogen) atoms. The van der Waals surface area contributed by atoms with E-state index in [4.69, 9.17) is 28.4 Å². The molecule has 222 valence electrons. The van der Waals surface area contributed by atoms with Crippen LogP contribution in [0.25, 0.3) is 0 Å². The maximum absolute atomic E-state index is 12.4. The van der Waals surface area contributed by atoms with Crippen molar-refractivity contribution >= 4 is 17.9 Å². The van der Waals surface area contributed by atoms with Gasteiger partial charge < -0.3 is 54.0 Å². The summed E-state index contributed by atoms with van der Waals surface area (Å²) >= 11 is 0. The lowest BCUT2D eigenvalue weighted by molar-refractivity contribution is -0.302. The minimum atomic E-state index is -2.03. The van der Waals surface area contributed by atoms with E-state index in [0.717, 1.165) is 13.8 Å². The maximum atomic E-state index is 12.4. The van der Waals surface area contributed by atoms with Gasteiger partial charge in [0.05, 0.1) is 32.0 Å². The number of aliphatic hydroxyl groups is 5. The van der Waals surface area contributed by atoms with Gasteiger partial charge in [-0.1, -0.05) is 13.8 Å². The van der Waals surface area contributed by atoms with E-state index in [2.05, 4.69) is 0 Å². The van der Waals surface area contributed by atoms with Crippen molar-refractivity contribution < 1.29 is 68.3 Å². The van der Waals surface area contributed by atoms with Gasteiger partial charge in [-0.25, -0.2) is 0 Å². The van der Waals surface area contributed by atoms with Crippen LogP contribution in [0.3, 0.4) is 0 Å². The summed E-state index contributed by atoms with van der Waals surface area (Å²) < 4.78 is 32.9. The molecule has 2 fully saturated rings. The topological polar surface area (TPSA) is 208 Å². The van der Waals surface area contributed by atoms with E-state index in [9.17, 15) is 39.9 Å². The van der Waals surface area contributed by atoms with Crippen LogP contribution in [0.15, 0.2) is 11.8 Å². The molecule has 0 bridgehead atoms. The Bertz CT molecular complexity index is 920. The number of carbonyl (C=O) groups is 3. The highest BCUT2D eigenvalue weighted by Gasteiger charge is 2.62. The molecule has 10 atom stereocenters. The van der Waals surface area contributed by atoms with Gasteiger partial charge in [-0.2, -0.15) is 0 Å². The van der Waals surface area contributed by atoms with Crippen LogP contribution in [-0.2, 0) is 42.8 Å². The van der Waals surface area contributed by atoms with Gasteiger partial charge in [0, 0.05) is 26.2 Å². The Balaban J connectivity index is 1.86. The summed E-state index contributed by atoms with van der Waals surface area (Å²) in [6.07, 6.45) is -8.35. The van der Waals surface area contributed by atoms with Crippen LogP contribution < -0.4 is 0 Å². The Kier molecular flexibility index (Phi) is 10.3. The highest BCUT2D eigenvalue weighted by Crippen LogP contribution is 2.50. The first kappa shape index (κ1) is 31.2. The van der Waals surface area contributed by atoms with E-state index in [1.54, 1.807) is 0 Å². The van der Waals surface area contributed by atoms with Crippen LogP contribution in [0.5, 0.6) is 0 Å². The Labute approximate surface area is 225 Å². The lowest BCUT2D eigenvalue weighted by Crippen LogP contribution is -2.60. The third-order valence-electron chi connectivity index (χ3n) is 7.08. The van der Waals surface area contributed by atoms with Crippen molar-refractivity contribution in [2.24, 2.45) is 17.8 Å². The lowest BCUT2D eigenvalue weighted by Gasteiger charge is -2.42. The molecule has 1 aliphatic carbocycles. The summed E-state index contributed by atoms with van der Waals surface area (Å²) in [4.78, 5) is 35.8. The van der Waals surface area contributed by atoms with E-state index in [1.807, 2.05) is 13.8 Å². The van der Waals surface area contributed by atoms with Crippen molar-refractivity contribution in [3.63, 3.8) is 0 Å². The molecule has 0 aromatic rings. The quantitative estimate of drug-likeness (QED) is 0.152. The molecule has 2 heterocycles. The Morgan fingerprint density at radius 3 is 2.28 bits per heavy atom. The minimum absolute atomic E-state index is 0.0113. The zero-order valence-corrected chi connectivity index (χ0v) is 22.3. The number of hydrogen-bond donors (Lipinski definition) is 5. The van der Waals surface area contributed by atoms with E-state index in [-0.39, 0.29) is 25.4 Å². The van der Waals surface area contributed by atoms with Crippen LogP contribution in [0, 0.1) is 17.8 Å². The second kappa shape index (κ2) is 12.9. The second-order valence-corrected chi connectivity index (χ2v) is 10.5. The zero-order valence-electron chi connectivity index (χ0n) is 22.3. The van der Waals surface area contributed by atoms with E-state index in [1.165, 1.54) is 6.26 Å². The molecule has 3 aliphatic rings. The van der Waals surface area contributed by atoms with Crippen molar-refractivity contribution in [2.75, 3.05) is 19.8 Å². The molecule has 1 saturated carbocycles. The number of fused-ring (bicyclic) bond motifs is 1. The molecule has 14 nitrogen and oxygen atoms in total. The van der Waals surface area contributed by atoms with Gasteiger partial charge in [0.2, 0.25) is 6.29 Å². The van der Waals surface area contributed by atoms with Crippen molar-refractivity contribution in [3.05, 3.63) is 11.8 Å². The Morgan fingerprint density at radius 2 is 1.72 bits per heavy atom. The Morgan fingerprint density at radius 1 is 1.05 bits per heavy atom. The predicted octanol–water partition coefficient (Wildman–Crippen LogP) is -1.51. The first-order valence-electron chi connectivity index (χ1n) is 12.8. The fourth-order valence-corrected chi connectivity index (χ4v) is 5.27. The molecule has 0 amide bonds. The number of rotatable bonds is 10. The number of esters is 3. The van der Waals surface area contributed by atoms with Crippen molar-refractivity contribution in [1.29, 1.82) is 0 Å². The van der Waals surface area contributed by atoms with Crippen LogP contribution in [0.1, 0.15) is 40.5 Å². The predicted molar refractivity (Wildman–Crippen MR) is 127 cm³/mol. The van der Waals surface area contributed by atoms with Crippen molar-refractivity contribution in [1.82, 2.24) is 0 Å². The Hall–Kier alpha value is -2.33. The van der Waals surface area contributed by atoms with E-state index >= 15 is 0 Å². The fourth-order valence-electron chi connectivity index (χ4n) is 5.27. The summed E-state index contributed by atoms with van der Waals surface area (Å²) in [5.74, 6) is -3.78.